The Balaban J connectivity index is 0. The van der Waals surface area contributed by atoms with Gasteiger partial charge in [0, 0.05) is 21.1 Å². The Morgan fingerprint density at radius 1 is 0.750 bits per heavy atom. The van der Waals surface area contributed by atoms with Crippen molar-refractivity contribution in [3.8, 4) is 0 Å². The fraction of sp³-hybridized carbons (Fsp3) is 0.800. The van der Waals surface area contributed by atoms with E-state index in [9.17, 15) is 9.59 Å². The van der Waals surface area contributed by atoms with E-state index in [4.69, 9.17) is 9.47 Å². The van der Waals surface area contributed by atoms with Crippen LogP contribution in [-0.4, -0.2) is 23.5 Å². The molecule has 0 fully saturated rings. The fourth-order valence-electron chi connectivity index (χ4n) is 0.610. The van der Waals surface area contributed by atoms with E-state index in [1.54, 1.807) is 41.5 Å². The van der Waals surface area contributed by atoms with Crippen LogP contribution < -0.4 is 0 Å². The topological polar surface area (TPSA) is 61.8 Å². The summed E-state index contributed by atoms with van der Waals surface area (Å²) in [7, 11) is 0. The van der Waals surface area contributed by atoms with E-state index in [1.807, 2.05) is 0 Å². The quantitative estimate of drug-likeness (QED) is 0.461. The van der Waals surface area contributed by atoms with Crippen molar-refractivity contribution >= 4 is 12.3 Å². The minimum atomic E-state index is -1.06. The molecule has 0 saturated heterocycles. The Hall–Kier alpha value is -0.572. The molecule has 0 N–H and O–H groups in total. The Morgan fingerprint density at radius 3 is 1.19 bits per heavy atom. The van der Waals surface area contributed by atoms with Crippen LogP contribution in [0.5, 0.6) is 0 Å². The molecule has 0 bridgehead atoms. The number of hydrogen-bond acceptors (Lipinski definition) is 5. The maximum absolute atomic E-state index is 11.0. The minimum Gasteiger partial charge on any atom is -0.428 e. The van der Waals surface area contributed by atoms with Crippen LogP contribution >= 0.6 is 0 Å². The molecule has 0 rings (SSSR count). The summed E-state index contributed by atoms with van der Waals surface area (Å²) in [5.74, 6) is 0. The van der Waals surface area contributed by atoms with Crippen LogP contribution in [0.15, 0.2) is 0 Å². The molecule has 0 amide bonds. The summed E-state index contributed by atoms with van der Waals surface area (Å²) in [6.45, 7) is 10.0. The summed E-state index contributed by atoms with van der Waals surface area (Å²) in [5.41, 5.74) is -1.39. The van der Waals surface area contributed by atoms with E-state index < -0.39 is 23.5 Å². The van der Waals surface area contributed by atoms with Crippen molar-refractivity contribution in [1.29, 1.82) is 0 Å². The largest absolute Gasteiger partial charge is 0.519 e. The van der Waals surface area contributed by atoms with Crippen molar-refractivity contribution in [1.82, 2.24) is 0 Å². The first-order valence-electron chi connectivity index (χ1n) is 4.63. The Labute approximate surface area is 110 Å². The van der Waals surface area contributed by atoms with Crippen molar-refractivity contribution < 1.29 is 44.9 Å². The van der Waals surface area contributed by atoms with Gasteiger partial charge in [-0.2, -0.15) is 0 Å². The molecule has 0 aliphatic carbocycles. The van der Waals surface area contributed by atoms with E-state index >= 15 is 0 Å². The molecule has 0 atom stereocenters. The molecule has 16 heavy (non-hydrogen) atoms. The Kier molecular flexibility index (Phi) is 6.94. The van der Waals surface area contributed by atoms with Crippen LogP contribution in [0.2, 0.25) is 0 Å². The van der Waals surface area contributed by atoms with Crippen LogP contribution in [0.4, 0.5) is 9.59 Å². The van der Waals surface area contributed by atoms with Gasteiger partial charge >= 0.3 is 12.3 Å². The van der Waals surface area contributed by atoms with Gasteiger partial charge in [0.1, 0.15) is 11.2 Å². The monoisotopic (exact) mass is 402 g/mol. The summed E-state index contributed by atoms with van der Waals surface area (Å²) in [4.78, 5) is 22.0. The molecule has 0 aromatic rings. The SMILES string of the molecule is CC(C)(C)OC(=O)OC(=O)OC(C)(C)C.[W]. The van der Waals surface area contributed by atoms with Crippen molar-refractivity contribution in [3.05, 3.63) is 0 Å². The van der Waals surface area contributed by atoms with Gasteiger partial charge in [-0.05, 0) is 41.5 Å². The maximum Gasteiger partial charge on any atom is 0.519 e. The zero-order valence-corrected chi connectivity index (χ0v) is 13.4. The van der Waals surface area contributed by atoms with E-state index in [-0.39, 0.29) is 21.1 Å². The first kappa shape index (κ1) is 17.8. The Morgan fingerprint density at radius 2 is 1.00 bits per heavy atom. The molecular weight excluding hydrogens is 384 g/mol. The molecule has 0 radical (unpaired) electrons. The van der Waals surface area contributed by atoms with Gasteiger partial charge in [0.15, 0.2) is 0 Å². The molecule has 0 aliphatic heterocycles. The van der Waals surface area contributed by atoms with E-state index in [0.29, 0.717) is 0 Å². The molecule has 0 aliphatic rings. The third kappa shape index (κ3) is 11.5. The predicted molar refractivity (Wildman–Crippen MR) is 53.6 cm³/mol. The first-order valence-corrected chi connectivity index (χ1v) is 4.63. The van der Waals surface area contributed by atoms with Crippen LogP contribution in [-0.2, 0) is 35.3 Å². The van der Waals surface area contributed by atoms with Gasteiger partial charge in [0.2, 0.25) is 0 Å². The molecule has 0 heterocycles. The third-order valence-electron chi connectivity index (χ3n) is 0.946. The summed E-state index contributed by atoms with van der Waals surface area (Å²) >= 11 is 0. The van der Waals surface area contributed by atoms with Gasteiger partial charge in [-0.25, -0.2) is 9.59 Å². The van der Waals surface area contributed by atoms with Gasteiger partial charge < -0.3 is 14.2 Å². The van der Waals surface area contributed by atoms with Gasteiger partial charge in [-0.15, -0.1) is 0 Å². The third-order valence-corrected chi connectivity index (χ3v) is 0.946. The second-order valence-corrected chi connectivity index (χ2v) is 5.03. The molecule has 5 nitrogen and oxygen atoms in total. The second-order valence-electron chi connectivity index (χ2n) is 5.03. The number of carbonyl (C=O) groups is 2. The smallest absolute Gasteiger partial charge is 0.428 e. The molecule has 94 valence electrons. The van der Waals surface area contributed by atoms with Crippen molar-refractivity contribution in [2.24, 2.45) is 0 Å². The zero-order chi connectivity index (χ0) is 12.3. The molecular formula is C10H18O5W. The first-order chi connectivity index (χ1) is 6.49. The van der Waals surface area contributed by atoms with Crippen LogP contribution in [0.1, 0.15) is 41.5 Å². The molecule has 0 aromatic heterocycles. The fourth-order valence-corrected chi connectivity index (χ4v) is 0.610. The average molecular weight is 402 g/mol. The summed E-state index contributed by atoms with van der Waals surface area (Å²) in [6, 6.07) is 0. The van der Waals surface area contributed by atoms with Crippen molar-refractivity contribution in [2.75, 3.05) is 0 Å². The molecule has 0 unspecified atom stereocenters. The second kappa shape index (κ2) is 6.23. The van der Waals surface area contributed by atoms with Gasteiger partial charge in [0.05, 0.1) is 0 Å². The number of rotatable bonds is 0. The van der Waals surface area contributed by atoms with Crippen LogP contribution in [0.3, 0.4) is 0 Å². The number of hydrogen-bond donors (Lipinski definition) is 0. The van der Waals surface area contributed by atoms with Gasteiger partial charge in [0.25, 0.3) is 0 Å². The molecule has 6 heteroatoms. The maximum atomic E-state index is 11.0. The van der Waals surface area contributed by atoms with Crippen LogP contribution in [0, 0.1) is 0 Å². The van der Waals surface area contributed by atoms with Crippen LogP contribution in [0.25, 0.3) is 0 Å². The van der Waals surface area contributed by atoms with E-state index in [1.165, 1.54) is 0 Å². The predicted octanol–water partition coefficient (Wildman–Crippen LogP) is 2.87. The number of carbonyl (C=O) groups excluding carboxylic acids is 2. The van der Waals surface area contributed by atoms with Crippen molar-refractivity contribution in [2.45, 2.75) is 52.7 Å². The molecule has 0 aromatic carbocycles. The Bertz CT molecular complexity index is 223. The van der Waals surface area contributed by atoms with Gasteiger partial charge in [-0.3, -0.25) is 0 Å². The molecule has 0 saturated carbocycles. The zero-order valence-electron chi connectivity index (χ0n) is 10.4. The summed E-state index contributed by atoms with van der Waals surface area (Å²) < 4.78 is 13.8. The minimum absolute atomic E-state index is 0. The summed E-state index contributed by atoms with van der Waals surface area (Å²) in [5, 5.41) is 0. The van der Waals surface area contributed by atoms with Gasteiger partial charge in [-0.1, -0.05) is 0 Å². The van der Waals surface area contributed by atoms with E-state index in [2.05, 4.69) is 4.74 Å². The van der Waals surface area contributed by atoms with E-state index in [0.717, 1.165) is 0 Å². The summed E-state index contributed by atoms with van der Waals surface area (Å²) in [6.07, 6.45) is -2.12. The van der Waals surface area contributed by atoms with Crippen molar-refractivity contribution in [3.63, 3.8) is 0 Å². The average Bonchev–Trinajstić information content (AvgIpc) is 1.73. The number of ether oxygens (including phenoxy) is 3. The standard InChI is InChI=1S/C10H18O5.W/c1-9(2,3)14-7(11)13-8(12)15-10(4,5)6;/h1-6H3;. The molecule has 0 spiro atoms. The normalized spacial score (nSPS) is 11.1.